The Kier molecular flexibility index (Phi) is 6.69. The molecule has 7 nitrogen and oxygen atoms in total. The van der Waals surface area contributed by atoms with Gasteiger partial charge in [-0.1, -0.05) is 35.9 Å². The normalized spacial score (nSPS) is 29.7. The molecule has 2 aliphatic heterocycles. The molecule has 0 amide bonds. The average Bonchev–Trinajstić information content (AvgIpc) is 3.28. The van der Waals surface area contributed by atoms with Gasteiger partial charge in [0.2, 0.25) is 0 Å². The van der Waals surface area contributed by atoms with Crippen LogP contribution in [0.3, 0.4) is 0 Å². The average molecular weight is 449 g/mol. The molecule has 0 saturated carbocycles. The second kappa shape index (κ2) is 9.46. The number of benzene rings is 2. The number of hydrogen-bond donors (Lipinski definition) is 4. The number of hydrogen-bond acceptors (Lipinski definition) is 7. The summed E-state index contributed by atoms with van der Waals surface area (Å²) in [6, 6.07) is 12.9. The largest absolute Gasteiger partial charge is 0.512 e. The lowest BCUT2D eigenvalue weighted by Crippen LogP contribution is -2.47. The van der Waals surface area contributed by atoms with Crippen molar-refractivity contribution in [3.05, 3.63) is 76.2 Å². The van der Waals surface area contributed by atoms with Crippen LogP contribution in [0.15, 0.2) is 54.5 Å². The third kappa shape index (κ3) is 4.81. The highest BCUT2D eigenvalue weighted by Crippen LogP contribution is 2.35. The van der Waals surface area contributed by atoms with E-state index >= 15 is 0 Å². The molecule has 1 unspecified atom stereocenters. The number of aliphatic hydroxyl groups is 4. The number of rotatable bonds is 5. The zero-order chi connectivity index (χ0) is 22.0. The van der Waals surface area contributed by atoms with E-state index in [1.165, 1.54) is 0 Å². The van der Waals surface area contributed by atoms with Crippen molar-refractivity contribution >= 4 is 11.6 Å². The van der Waals surface area contributed by atoms with E-state index < -0.39 is 24.4 Å². The Morgan fingerprint density at radius 3 is 2.52 bits per heavy atom. The Morgan fingerprint density at radius 1 is 1.06 bits per heavy atom. The van der Waals surface area contributed by atoms with Crippen molar-refractivity contribution in [3.63, 3.8) is 0 Å². The predicted octanol–water partition coefficient (Wildman–Crippen LogP) is 2.65. The summed E-state index contributed by atoms with van der Waals surface area (Å²) in [5, 5.41) is 40.1. The fourth-order valence-electron chi connectivity index (χ4n) is 3.80. The van der Waals surface area contributed by atoms with Crippen molar-refractivity contribution in [2.45, 2.75) is 43.4 Å². The Balaban J connectivity index is 1.50. The maximum absolute atomic E-state index is 10.4. The predicted molar refractivity (Wildman–Crippen MR) is 113 cm³/mol. The maximum atomic E-state index is 10.4. The first-order chi connectivity index (χ1) is 15.0. The summed E-state index contributed by atoms with van der Waals surface area (Å²) in [5.41, 5.74) is 2.40. The van der Waals surface area contributed by atoms with Gasteiger partial charge in [0.25, 0.3) is 0 Å². The second-order valence-corrected chi connectivity index (χ2v) is 8.18. The number of halogens is 1. The fraction of sp³-hybridized carbons (Fsp3) is 0.391. The van der Waals surface area contributed by atoms with Gasteiger partial charge < -0.3 is 34.6 Å². The van der Waals surface area contributed by atoms with Crippen LogP contribution in [0, 0.1) is 0 Å². The van der Waals surface area contributed by atoms with Crippen molar-refractivity contribution in [2.75, 3.05) is 13.2 Å². The Bertz CT molecular complexity index is 924. The van der Waals surface area contributed by atoms with Crippen LogP contribution in [-0.4, -0.2) is 58.1 Å². The van der Waals surface area contributed by atoms with Crippen LogP contribution in [0.25, 0.3) is 0 Å². The molecule has 8 heteroatoms. The lowest BCUT2D eigenvalue weighted by atomic mass is 9.91. The van der Waals surface area contributed by atoms with E-state index in [0.717, 1.165) is 29.9 Å². The van der Waals surface area contributed by atoms with E-state index in [2.05, 4.69) is 0 Å². The van der Waals surface area contributed by atoms with E-state index in [1.54, 1.807) is 18.2 Å². The molecule has 2 aromatic rings. The van der Waals surface area contributed by atoms with Gasteiger partial charge in [-0.25, -0.2) is 0 Å². The molecule has 0 spiro atoms. The molecule has 166 valence electrons. The van der Waals surface area contributed by atoms with Crippen LogP contribution in [0.2, 0.25) is 5.02 Å². The highest BCUT2D eigenvalue weighted by Gasteiger charge is 2.42. The molecule has 0 aliphatic carbocycles. The van der Waals surface area contributed by atoms with E-state index in [9.17, 15) is 20.4 Å². The van der Waals surface area contributed by atoms with E-state index in [-0.39, 0.29) is 11.9 Å². The summed E-state index contributed by atoms with van der Waals surface area (Å²) in [5.74, 6) is 0.580. The third-order valence-electron chi connectivity index (χ3n) is 5.57. The minimum absolute atomic E-state index is 0.0885. The van der Waals surface area contributed by atoms with E-state index in [1.807, 2.05) is 24.3 Å². The molecular formula is C23H25ClO7. The quantitative estimate of drug-likeness (QED) is 0.521. The second-order valence-electron chi connectivity index (χ2n) is 7.77. The van der Waals surface area contributed by atoms with Crippen molar-refractivity contribution < 1.29 is 34.6 Å². The molecule has 2 heterocycles. The standard InChI is InChI=1S/C23H25ClO7/c24-18-6-3-14(23-22(28)21(27)20(26)19(11-25)31-23)10-15(18)9-13-1-4-16(5-2-13)30-17-7-8-29-12-17/h1-6,10-11,17,20-23,25-28H,7-9,12H2/b19-11+/t17-,20-,21+,22-,23?/m1/s1. The first kappa shape index (κ1) is 21.9. The van der Waals surface area contributed by atoms with Crippen LogP contribution in [-0.2, 0) is 15.9 Å². The van der Waals surface area contributed by atoms with Crippen LogP contribution in [0.1, 0.15) is 29.2 Å². The topological polar surface area (TPSA) is 109 Å². The molecule has 2 aliphatic rings. The first-order valence-electron chi connectivity index (χ1n) is 10.1. The molecule has 0 radical (unpaired) electrons. The highest BCUT2D eigenvalue weighted by molar-refractivity contribution is 6.31. The summed E-state index contributed by atoms with van der Waals surface area (Å²) in [7, 11) is 0. The molecule has 0 aromatic heterocycles. The lowest BCUT2D eigenvalue weighted by molar-refractivity contribution is -0.159. The SMILES string of the molecule is O/C=C1/OC(c2ccc(Cl)c(Cc3ccc(O[C@@H]4CCOC4)cc3)c2)[C@H](O)[C@@H](O)[C@@H]1O. The van der Waals surface area contributed by atoms with E-state index in [0.29, 0.717) is 29.9 Å². The highest BCUT2D eigenvalue weighted by atomic mass is 35.5. The van der Waals surface area contributed by atoms with Crippen molar-refractivity contribution in [1.82, 2.24) is 0 Å². The van der Waals surface area contributed by atoms with Gasteiger partial charge in [0, 0.05) is 11.4 Å². The van der Waals surface area contributed by atoms with Gasteiger partial charge in [-0.3, -0.25) is 0 Å². The molecule has 5 atom stereocenters. The van der Waals surface area contributed by atoms with Crippen LogP contribution in [0.4, 0.5) is 0 Å². The van der Waals surface area contributed by atoms with E-state index in [4.69, 9.17) is 25.8 Å². The Hall–Kier alpha value is -2.29. The molecule has 4 rings (SSSR count). The van der Waals surface area contributed by atoms with Gasteiger partial charge in [-0.15, -0.1) is 0 Å². The van der Waals surface area contributed by atoms with Gasteiger partial charge in [0.05, 0.1) is 13.2 Å². The molecule has 2 fully saturated rings. The molecule has 0 bridgehead atoms. The summed E-state index contributed by atoms with van der Waals surface area (Å²) in [6.07, 6.45) is -3.22. The summed E-state index contributed by atoms with van der Waals surface area (Å²) in [6.45, 7) is 1.33. The first-order valence-corrected chi connectivity index (χ1v) is 10.5. The third-order valence-corrected chi connectivity index (χ3v) is 5.94. The lowest BCUT2D eigenvalue weighted by Gasteiger charge is -2.37. The smallest absolute Gasteiger partial charge is 0.162 e. The molecule has 31 heavy (non-hydrogen) atoms. The van der Waals surface area contributed by atoms with Crippen LogP contribution >= 0.6 is 11.6 Å². The van der Waals surface area contributed by atoms with Gasteiger partial charge in [-0.2, -0.15) is 0 Å². The number of ether oxygens (including phenoxy) is 3. The molecule has 4 N–H and O–H groups in total. The minimum atomic E-state index is -1.50. The maximum Gasteiger partial charge on any atom is 0.162 e. The van der Waals surface area contributed by atoms with Crippen molar-refractivity contribution in [1.29, 1.82) is 0 Å². The zero-order valence-corrected chi connectivity index (χ0v) is 17.5. The summed E-state index contributed by atoms with van der Waals surface area (Å²) < 4.78 is 16.7. The summed E-state index contributed by atoms with van der Waals surface area (Å²) in [4.78, 5) is 0. The number of aliphatic hydroxyl groups excluding tert-OH is 4. The molecule has 2 saturated heterocycles. The Morgan fingerprint density at radius 2 is 1.84 bits per heavy atom. The van der Waals surface area contributed by atoms with Gasteiger partial charge in [0.1, 0.15) is 36.4 Å². The van der Waals surface area contributed by atoms with Gasteiger partial charge >= 0.3 is 0 Å². The fourth-order valence-corrected chi connectivity index (χ4v) is 3.99. The zero-order valence-electron chi connectivity index (χ0n) is 16.7. The van der Waals surface area contributed by atoms with Crippen LogP contribution in [0.5, 0.6) is 5.75 Å². The monoisotopic (exact) mass is 448 g/mol. The van der Waals surface area contributed by atoms with Crippen LogP contribution < -0.4 is 4.74 Å². The minimum Gasteiger partial charge on any atom is -0.512 e. The van der Waals surface area contributed by atoms with Gasteiger partial charge in [0.15, 0.2) is 11.9 Å². The van der Waals surface area contributed by atoms with Crippen molar-refractivity contribution in [3.8, 4) is 5.75 Å². The summed E-state index contributed by atoms with van der Waals surface area (Å²) >= 11 is 6.39. The molecular weight excluding hydrogens is 424 g/mol. The molecule has 2 aromatic carbocycles. The van der Waals surface area contributed by atoms with Gasteiger partial charge in [-0.05, 0) is 41.3 Å². The Labute approximate surface area is 185 Å². The van der Waals surface area contributed by atoms with Crippen molar-refractivity contribution in [2.24, 2.45) is 0 Å².